The van der Waals surface area contributed by atoms with Crippen LogP contribution in [0.25, 0.3) is 6.08 Å². The molecule has 3 heteroatoms. The lowest BCUT2D eigenvalue weighted by Crippen LogP contribution is -2.26. The van der Waals surface area contributed by atoms with Crippen molar-refractivity contribution >= 4 is 6.08 Å². The van der Waals surface area contributed by atoms with Crippen LogP contribution in [0.15, 0.2) is 23.8 Å². The predicted molar refractivity (Wildman–Crippen MR) is 85.5 cm³/mol. The number of nitrogens with one attached hydrogen (secondary N) is 1. The molecule has 0 saturated carbocycles. The maximum atomic E-state index is 5.72. The summed E-state index contributed by atoms with van der Waals surface area (Å²) in [6, 6.07) is 6.41. The average Bonchev–Trinajstić information content (AvgIpc) is 2.40. The number of ether oxygens (including phenoxy) is 2. The number of hydrogen-bond donors (Lipinski definition) is 1. The van der Waals surface area contributed by atoms with Crippen LogP contribution in [0.4, 0.5) is 0 Å². The molecule has 0 aliphatic rings. The molecule has 0 aromatic heterocycles. The predicted octanol–water partition coefficient (Wildman–Crippen LogP) is 3.88. The first-order chi connectivity index (χ1) is 9.47. The summed E-state index contributed by atoms with van der Waals surface area (Å²) in [4.78, 5) is 0. The Kier molecular flexibility index (Phi) is 6.59. The molecule has 0 amide bonds. The third kappa shape index (κ3) is 4.89. The molecule has 0 aliphatic heterocycles. The van der Waals surface area contributed by atoms with E-state index in [-0.39, 0.29) is 6.10 Å². The Labute approximate surface area is 123 Å². The first kappa shape index (κ1) is 16.6. The Morgan fingerprint density at radius 3 is 2.50 bits per heavy atom. The van der Waals surface area contributed by atoms with E-state index in [1.165, 1.54) is 5.57 Å². The van der Waals surface area contributed by atoms with Gasteiger partial charge in [0.15, 0.2) is 11.5 Å². The zero-order valence-electron chi connectivity index (χ0n) is 13.5. The van der Waals surface area contributed by atoms with Crippen molar-refractivity contribution in [2.75, 3.05) is 13.7 Å². The first-order valence-corrected chi connectivity index (χ1v) is 7.24. The van der Waals surface area contributed by atoms with E-state index in [2.05, 4.69) is 38.2 Å². The van der Waals surface area contributed by atoms with Gasteiger partial charge in [-0.1, -0.05) is 24.6 Å². The molecule has 1 rings (SSSR count). The zero-order chi connectivity index (χ0) is 15.1. The van der Waals surface area contributed by atoms with Gasteiger partial charge in [-0.15, -0.1) is 0 Å². The number of methoxy groups -OCH3 is 1. The van der Waals surface area contributed by atoms with Crippen LogP contribution < -0.4 is 14.8 Å². The minimum absolute atomic E-state index is 0.140. The molecule has 1 aromatic carbocycles. The highest BCUT2D eigenvalue weighted by Gasteiger charge is 2.08. The molecule has 0 radical (unpaired) electrons. The van der Waals surface area contributed by atoms with Crippen LogP contribution in [-0.4, -0.2) is 25.8 Å². The Hall–Kier alpha value is -1.48. The fourth-order valence-corrected chi connectivity index (χ4v) is 1.98. The summed E-state index contributed by atoms with van der Waals surface area (Å²) in [5, 5.41) is 3.41. The minimum atomic E-state index is 0.140. The third-order valence-electron chi connectivity index (χ3n) is 3.14. The smallest absolute Gasteiger partial charge is 0.161 e. The molecule has 1 N–H and O–H groups in total. The van der Waals surface area contributed by atoms with Crippen LogP contribution in [0, 0.1) is 0 Å². The molecule has 0 fully saturated rings. The second-order valence-corrected chi connectivity index (χ2v) is 5.24. The second kappa shape index (κ2) is 7.95. The first-order valence-electron chi connectivity index (χ1n) is 7.24. The van der Waals surface area contributed by atoms with Crippen molar-refractivity contribution < 1.29 is 9.47 Å². The van der Waals surface area contributed by atoms with Gasteiger partial charge in [0.05, 0.1) is 13.2 Å². The number of likely N-dealkylation sites (N-methyl/N-ethyl adjacent to an activating group) is 1. The zero-order valence-corrected chi connectivity index (χ0v) is 13.5. The molecular weight excluding hydrogens is 250 g/mol. The third-order valence-corrected chi connectivity index (χ3v) is 3.14. The van der Waals surface area contributed by atoms with E-state index < -0.39 is 0 Å². The fraction of sp³-hybridized carbons (Fsp3) is 0.529. The minimum Gasteiger partial charge on any atom is -0.493 e. The van der Waals surface area contributed by atoms with Gasteiger partial charge >= 0.3 is 0 Å². The Morgan fingerprint density at radius 1 is 1.25 bits per heavy atom. The lowest BCUT2D eigenvalue weighted by molar-refractivity contribution is 0.230. The van der Waals surface area contributed by atoms with Crippen molar-refractivity contribution in [2.45, 2.75) is 46.8 Å². The van der Waals surface area contributed by atoms with Crippen LogP contribution in [0.2, 0.25) is 0 Å². The average molecular weight is 277 g/mol. The van der Waals surface area contributed by atoms with Gasteiger partial charge in [-0.2, -0.15) is 0 Å². The largest absolute Gasteiger partial charge is 0.493 e. The fourth-order valence-electron chi connectivity index (χ4n) is 1.98. The highest BCUT2D eigenvalue weighted by molar-refractivity contribution is 5.58. The maximum Gasteiger partial charge on any atom is 0.161 e. The van der Waals surface area contributed by atoms with Gasteiger partial charge in [0.1, 0.15) is 0 Å². The molecular formula is C17H27NO2. The molecule has 0 spiro atoms. The number of rotatable bonds is 7. The molecule has 0 heterocycles. The maximum absolute atomic E-state index is 5.72. The van der Waals surface area contributed by atoms with E-state index in [0.29, 0.717) is 6.04 Å². The molecule has 1 atom stereocenters. The molecule has 3 nitrogen and oxygen atoms in total. The van der Waals surface area contributed by atoms with Gasteiger partial charge in [0.2, 0.25) is 0 Å². The van der Waals surface area contributed by atoms with Gasteiger partial charge in [0.25, 0.3) is 0 Å². The van der Waals surface area contributed by atoms with Crippen LogP contribution in [0.3, 0.4) is 0 Å². The lowest BCUT2D eigenvalue weighted by Gasteiger charge is -2.15. The standard InChI is InChI=1S/C17H27NO2/c1-7-18-14(5)13(4)10-15-8-9-16(20-12(2)3)17(11-15)19-6/h8-12,14,18H,7H2,1-6H3/b13-10+. The Morgan fingerprint density at radius 2 is 1.95 bits per heavy atom. The van der Waals surface area contributed by atoms with Crippen molar-refractivity contribution in [1.82, 2.24) is 5.32 Å². The topological polar surface area (TPSA) is 30.5 Å². The highest BCUT2D eigenvalue weighted by atomic mass is 16.5. The normalized spacial score (nSPS) is 13.4. The van der Waals surface area contributed by atoms with Gasteiger partial charge in [-0.3, -0.25) is 0 Å². The SMILES string of the molecule is CCNC(C)/C(C)=C/c1ccc(OC(C)C)c(OC)c1. The summed E-state index contributed by atoms with van der Waals surface area (Å²) < 4.78 is 11.1. The van der Waals surface area contributed by atoms with Crippen LogP contribution >= 0.6 is 0 Å². The summed E-state index contributed by atoms with van der Waals surface area (Å²) >= 11 is 0. The molecule has 0 bridgehead atoms. The van der Waals surface area contributed by atoms with E-state index >= 15 is 0 Å². The Bertz CT molecular complexity index is 452. The van der Waals surface area contributed by atoms with Crippen LogP contribution in [0.5, 0.6) is 11.5 Å². The van der Waals surface area contributed by atoms with E-state index in [4.69, 9.17) is 9.47 Å². The van der Waals surface area contributed by atoms with Gasteiger partial charge < -0.3 is 14.8 Å². The summed E-state index contributed by atoms with van der Waals surface area (Å²) in [5.74, 6) is 1.56. The monoisotopic (exact) mass is 277 g/mol. The quantitative estimate of drug-likeness (QED) is 0.820. The Balaban J connectivity index is 2.95. The molecule has 0 saturated heterocycles. The van der Waals surface area contributed by atoms with Crippen molar-refractivity contribution in [3.63, 3.8) is 0 Å². The number of hydrogen-bond acceptors (Lipinski definition) is 3. The van der Waals surface area contributed by atoms with Crippen molar-refractivity contribution in [2.24, 2.45) is 0 Å². The van der Waals surface area contributed by atoms with Gasteiger partial charge in [-0.05, 0) is 51.9 Å². The summed E-state index contributed by atoms with van der Waals surface area (Å²) in [7, 11) is 1.67. The summed E-state index contributed by atoms with van der Waals surface area (Å²) in [5.41, 5.74) is 2.42. The van der Waals surface area contributed by atoms with E-state index in [1.807, 2.05) is 26.0 Å². The van der Waals surface area contributed by atoms with Gasteiger partial charge in [0, 0.05) is 6.04 Å². The molecule has 1 aromatic rings. The van der Waals surface area contributed by atoms with Crippen molar-refractivity contribution in [3.8, 4) is 11.5 Å². The van der Waals surface area contributed by atoms with E-state index in [1.54, 1.807) is 7.11 Å². The van der Waals surface area contributed by atoms with Crippen LogP contribution in [0.1, 0.15) is 40.2 Å². The van der Waals surface area contributed by atoms with E-state index in [0.717, 1.165) is 23.6 Å². The lowest BCUT2D eigenvalue weighted by atomic mass is 10.1. The second-order valence-electron chi connectivity index (χ2n) is 5.24. The summed E-state index contributed by atoms with van der Waals surface area (Å²) in [6.07, 6.45) is 2.32. The molecule has 0 aliphatic carbocycles. The highest BCUT2D eigenvalue weighted by Crippen LogP contribution is 2.29. The molecule has 112 valence electrons. The summed E-state index contributed by atoms with van der Waals surface area (Å²) in [6.45, 7) is 11.4. The molecule has 20 heavy (non-hydrogen) atoms. The number of benzene rings is 1. The van der Waals surface area contributed by atoms with E-state index in [9.17, 15) is 0 Å². The van der Waals surface area contributed by atoms with Gasteiger partial charge in [-0.25, -0.2) is 0 Å². The van der Waals surface area contributed by atoms with Crippen molar-refractivity contribution in [1.29, 1.82) is 0 Å². The molecule has 1 unspecified atom stereocenters. The van der Waals surface area contributed by atoms with Crippen LogP contribution in [-0.2, 0) is 0 Å². The van der Waals surface area contributed by atoms with Crippen molar-refractivity contribution in [3.05, 3.63) is 29.3 Å².